The molecule has 0 nitrogen and oxygen atoms in total. The summed E-state index contributed by atoms with van der Waals surface area (Å²) >= 11 is 0. The molecule has 0 spiro atoms. The highest BCUT2D eigenvalue weighted by Gasteiger charge is 2.82. The lowest BCUT2D eigenvalue weighted by atomic mass is 9.74. The van der Waals surface area contributed by atoms with E-state index in [2.05, 4.69) is 0 Å². The van der Waals surface area contributed by atoms with Crippen molar-refractivity contribution in [2.24, 2.45) is 5.92 Å². The lowest BCUT2D eigenvalue weighted by Gasteiger charge is -2.40. The molecule has 0 atom stereocenters. The van der Waals surface area contributed by atoms with Crippen LogP contribution in [0.4, 0.5) is 39.5 Å². The van der Waals surface area contributed by atoms with E-state index in [1.54, 1.807) is 12.1 Å². The third kappa shape index (κ3) is 3.78. The fourth-order valence-corrected chi connectivity index (χ4v) is 3.46. The highest BCUT2D eigenvalue weighted by Crippen LogP contribution is 2.57. The lowest BCUT2D eigenvalue weighted by Crippen LogP contribution is -2.63. The molecule has 154 valence electrons. The molecule has 0 unspecified atom stereocenters. The normalized spacial score (nSPS) is 22.7. The Bertz CT molecular complexity index is 623. The zero-order valence-electron chi connectivity index (χ0n) is 14.4. The molecule has 0 N–H and O–H groups in total. The minimum absolute atomic E-state index is 0.0133. The Kier molecular flexibility index (Phi) is 5.84. The van der Waals surface area contributed by atoms with Crippen LogP contribution in [0.25, 0.3) is 0 Å². The van der Waals surface area contributed by atoms with Crippen LogP contribution >= 0.6 is 0 Å². The second-order valence-electron chi connectivity index (χ2n) is 6.91. The van der Waals surface area contributed by atoms with E-state index in [0.717, 1.165) is 17.5 Å². The summed E-state index contributed by atoms with van der Waals surface area (Å²) < 4.78 is 118. The molecule has 1 aromatic carbocycles. The minimum Gasteiger partial charge on any atom is -0.199 e. The Morgan fingerprint density at radius 3 is 1.63 bits per heavy atom. The summed E-state index contributed by atoms with van der Waals surface area (Å²) in [5.74, 6) is -21.3. The average Bonchev–Trinajstić information content (AvgIpc) is 2.60. The highest BCUT2D eigenvalue weighted by atomic mass is 19.4. The van der Waals surface area contributed by atoms with Crippen molar-refractivity contribution in [3.05, 3.63) is 35.4 Å². The lowest BCUT2D eigenvalue weighted by molar-refractivity contribution is -0.404. The molecule has 27 heavy (non-hydrogen) atoms. The monoisotopic (exact) mass is 406 g/mol. The maximum absolute atomic E-state index is 14.0. The third-order valence-electron chi connectivity index (χ3n) is 5.27. The van der Waals surface area contributed by atoms with Gasteiger partial charge in [-0.3, -0.25) is 0 Å². The van der Waals surface area contributed by atoms with Crippen LogP contribution in [0.1, 0.15) is 49.7 Å². The van der Waals surface area contributed by atoms with Crippen molar-refractivity contribution in [1.29, 1.82) is 0 Å². The zero-order valence-corrected chi connectivity index (χ0v) is 14.4. The van der Waals surface area contributed by atoms with Gasteiger partial charge in [-0.05, 0) is 49.1 Å². The van der Waals surface area contributed by atoms with Crippen molar-refractivity contribution >= 4 is 0 Å². The largest absolute Gasteiger partial charge is 0.460 e. The first-order chi connectivity index (χ1) is 12.3. The average molecular weight is 406 g/mol. The summed E-state index contributed by atoms with van der Waals surface area (Å²) in [4.78, 5) is 0. The van der Waals surface area contributed by atoms with Gasteiger partial charge in [-0.2, -0.15) is 39.5 Å². The van der Waals surface area contributed by atoms with Gasteiger partial charge in [0, 0.05) is 5.92 Å². The maximum Gasteiger partial charge on any atom is 0.460 e. The van der Waals surface area contributed by atoms with Crippen molar-refractivity contribution in [2.45, 2.75) is 68.9 Å². The van der Waals surface area contributed by atoms with Gasteiger partial charge in [-0.25, -0.2) is 0 Å². The summed E-state index contributed by atoms with van der Waals surface area (Å²) in [5.41, 5.74) is 1.86. The third-order valence-corrected chi connectivity index (χ3v) is 5.27. The fraction of sp³-hybridized carbons (Fsp3) is 0.667. The number of hydrogen-bond donors (Lipinski definition) is 0. The van der Waals surface area contributed by atoms with Crippen LogP contribution in [0.2, 0.25) is 0 Å². The van der Waals surface area contributed by atoms with E-state index in [9.17, 15) is 39.5 Å². The number of hydrogen-bond acceptors (Lipinski definition) is 0. The van der Waals surface area contributed by atoms with Crippen LogP contribution in [-0.4, -0.2) is 23.9 Å². The molecule has 1 aliphatic rings. The van der Waals surface area contributed by atoms with Gasteiger partial charge in [0.25, 0.3) is 0 Å². The van der Waals surface area contributed by atoms with Gasteiger partial charge in [-0.15, -0.1) is 0 Å². The first-order valence-electron chi connectivity index (χ1n) is 8.54. The number of alkyl halides is 9. The van der Waals surface area contributed by atoms with Gasteiger partial charge in [0.05, 0.1) is 0 Å². The van der Waals surface area contributed by atoms with Crippen LogP contribution in [0.5, 0.6) is 0 Å². The van der Waals surface area contributed by atoms with Gasteiger partial charge < -0.3 is 0 Å². The number of rotatable bonds is 5. The Morgan fingerprint density at radius 1 is 0.741 bits per heavy atom. The van der Waals surface area contributed by atoms with E-state index < -0.39 is 42.7 Å². The van der Waals surface area contributed by atoms with Crippen molar-refractivity contribution in [3.63, 3.8) is 0 Å². The molecule has 1 saturated carbocycles. The van der Waals surface area contributed by atoms with E-state index in [1.165, 1.54) is 0 Å². The summed E-state index contributed by atoms with van der Waals surface area (Å²) in [6.45, 7) is 1.94. The van der Waals surface area contributed by atoms with Gasteiger partial charge >= 0.3 is 23.9 Å². The molecule has 0 saturated heterocycles. The standard InChI is InChI=1S/C18H19F9/c1-2-11-3-5-12(6-4-11)13-7-9-14(10-8-13)15(19,20)16(21,22)17(23,24)18(25,26)27/h3-6,13-14H,2,7-10H2,1H3/t13-,14-. The quantitative estimate of drug-likeness (QED) is 0.462. The fourth-order valence-electron chi connectivity index (χ4n) is 3.46. The summed E-state index contributed by atoms with van der Waals surface area (Å²) in [5, 5.41) is 0. The Morgan fingerprint density at radius 2 is 1.22 bits per heavy atom. The number of aryl methyl sites for hydroxylation is 1. The predicted octanol–water partition coefficient (Wildman–Crippen LogP) is 6.99. The summed E-state index contributed by atoms with van der Waals surface area (Å²) in [6.07, 6.45) is -7.06. The Hall–Kier alpha value is -1.41. The summed E-state index contributed by atoms with van der Waals surface area (Å²) in [6, 6.07) is 7.25. The molecule has 0 aromatic heterocycles. The molecule has 0 amide bonds. The van der Waals surface area contributed by atoms with Crippen LogP contribution in [0.15, 0.2) is 24.3 Å². The van der Waals surface area contributed by atoms with E-state index in [1.807, 2.05) is 19.1 Å². The number of halogens is 9. The van der Waals surface area contributed by atoms with Crippen molar-refractivity contribution in [3.8, 4) is 0 Å². The second kappa shape index (κ2) is 7.20. The van der Waals surface area contributed by atoms with E-state index >= 15 is 0 Å². The molecule has 1 aromatic rings. The first kappa shape index (κ1) is 21.9. The van der Waals surface area contributed by atoms with Crippen LogP contribution < -0.4 is 0 Å². The molecular formula is C18H19F9. The number of benzene rings is 1. The van der Waals surface area contributed by atoms with Crippen molar-refractivity contribution in [1.82, 2.24) is 0 Å². The highest BCUT2D eigenvalue weighted by molar-refractivity contribution is 5.26. The van der Waals surface area contributed by atoms with Gasteiger partial charge in [0.15, 0.2) is 0 Å². The molecule has 0 heterocycles. The van der Waals surface area contributed by atoms with E-state index in [0.29, 0.717) is 0 Å². The van der Waals surface area contributed by atoms with E-state index in [-0.39, 0.29) is 18.8 Å². The van der Waals surface area contributed by atoms with Gasteiger partial charge in [0.2, 0.25) is 0 Å². The molecule has 1 fully saturated rings. The molecule has 2 rings (SSSR count). The molecule has 9 heteroatoms. The second-order valence-corrected chi connectivity index (χ2v) is 6.91. The van der Waals surface area contributed by atoms with Crippen molar-refractivity contribution < 1.29 is 39.5 Å². The van der Waals surface area contributed by atoms with Crippen LogP contribution in [0, 0.1) is 5.92 Å². The Balaban J connectivity index is 2.13. The minimum atomic E-state index is -6.81. The molecule has 0 radical (unpaired) electrons. The topological polar surface area (TPSA) is 0 Å². The SMILES string of the molecule is CCc1ccc([C@H]2CC[C@H](C(F)(F)C(F)(F)C(F)(F)C(F)(F)F)CC2)cc1. The van der Waals surface area contributed by atoms with Crippen LogP contribution in [0.3, 0.4) is 0 Å². The van der Waals surface area contributed by atoms with E-state index in [4.69, 9.17) is 0 Å². The molecule has 1 aliphatic carbocycles. The van der Waals surface area contributed by atoms with Gasteiger partial charge in [0.1, 0.15) is 0 Å². The molecule has 0 aliphatic heterocycles. The predicted molar refractivity (Wildman–Crippen MR) is 81.4 cm³/mol. The van der Waals surface area contributed by atoms with Crippen LogP contribution in [-0.2, 0) is 6.42 Å². The first-order valence-corrected chi connectivity index (χ1v) is 8.54. The smallest absolute Gasteiger partial charge is 0.199 e. The zero-order chi connectivity index (χ0) is 20.7. The molecular weight excluding hydrogens is 387 g/mol. The van der Waals surface area contributed by atoms with Crippen molar-refractivity contribution in [2.75, 3.05) is 0 Å². The van der Waals surface area contributed by atoms with Gasteiger partial charge in [-0.1, -0.05) is 31.2 Å². The summed E-state index contributed by atoms with van der Waals surface area (Å²) in [7, 11) is 0. The Labute approximate surface area is 150 Å². The molecule has 0 bridgehead atoms. The maximum atomic E-state index is 14.0.